The van der Waals surface area contributed by atoms with Crippen molar-refractivity contribution in [1.82, 2.24) is 14.9 Å². The minimum absolute atomic E-state index is 0.0444. The van der Waals surface area contributed by atoms with E-state index in [0.717, 1.165) is 30.3 Å². The van der Waals surface area contributed by atoms with Gasteiger partial charge >= 0.3 is 6.09 Å². The molecule has 1 N–H and O–H groups in total. The number of rotatable bonds is 4. The zero-order chi connectivity index (χ0) is 19.6. The Morgan fingerprint density at radius 3 is 2.96 bits per heavy atom. The molecule has 0 saturated carbocycles. The number of nitrogens with one attached hydrogen (secondary N) is 1. The Bertz CT molecular complexity index is 845. The van der Waals surface area contributed by atoms with Crippen LogP contribution in [0.15, 0.2) is 23.4 Å². The van der Waals surface area contributed by atoms with Gasteiger partial charge in [-0.3, -0.25) is 10.1 Å². The highest BCUT2D eigenvalue weighted by atomic mass is 32.2. The van der Waals surface area contributed by atoms with Crippen molar-refractivity contribution in [2.75, 3.05) is 18.8 Å². The predicted octanol–water partition coefficient (Wildman–Crippen LogP) is 4.21. The molecule has 146 valence electrons. The molecule has 2 aromatic rings. The van der Waals surface area contributed by atoms with E-state index in [1.807, 2.05) is 20.8 Å². The molecule has 1 unspecified atom stereocenters. The van der Waals surface area contributed by atoms with Crippen LogP contribution in [-0.4, -0.2) is 50.3 Å². The lowest BCUT2D eigenvalue weighted by Gasteiger charge is -2.33. The normalized spacial score (nSPS) is 17.9. The summed E-state index contributed by atoms with van der Waals surface area (Å²) in [6, 6.07) is 4.60. The van der Waals surface area contributed by atoms with Gasteiger partial charge in [0, 0.05) is 31.0 Å². The van der Waals surface area contributed by atoms with E-state index >= 15 is 0 Å². The summed E-state index contributed by atoms with van der Waals surface area (Å²) in [5.41, 5.74) is 0.922. The number of nitro groups is 1. The monoisotopic (exact) mass is 392 g/mol. The van der Waals surface area contributed by atoms with Crippen molar-refractivity contribution in [3.05, 3.63) is 28.3 Å². The van der Waals surface area contributed by atoms with Gasteiger partial charge in [-0.1, -0.05) is 11.8 Å². The number of hydrogen-bond donors (Lipinski definition) is 1. The van der Waals surface area contributed by atoms with Crippen LogP contribution in [0.4, 0.5) is 10.5 Å². The number of hydrogen-bond acceptors (Lipinski definition) is 6. The number of carbonyl (C=O) groups is 1. The lowest BCUT2D eigenvalue weighted by atomic mass is 10.0. The number of nitrogens with zero attached hydrogens (tertiary/aromatic N) is 3. The molecule has 1 aromatic heterocycles. The van der Waals surface area contributed by atoms with Crippen LogP contribution in [0.2, 0.25) is 0 Å². The molecule has 0 spiro atoms. The van der Waals surface area contributed by atoms with E-state index in [9.17, 15) is 14.9 Å². The first-order valence-electron chi connectivity index (χ1n) is 8.96. The van der Waals surface area contributed by atoms with Gasteiger partial charge in [0.25, 0.3) is 5.69 Å². The highest BCUT2D eigenvalue weighted by Crippen LogP contribution is 2.27. The number of aromatic nitrogens is 2. The number of carbonyl (C=O) groups excluding carboxylic acids is 1. The van der Waals surface area contributed by atoms with E-state index in [2.05, 4.69) is 9.97 Å². The summed E-state index contributed by atoms with van der Waals surface area (Å²) in [6.45, 7) is 7.01. The van der Waals surface area contributed by atoms with Crippen molar-refractivity contribution in [3.63, 3.8) is 0 Å². The van der Waals surface area contributed by atoms with Crippen LogP contribution >= 0.6 is 11.8 Å². The number of amides is 1. The first kappa shape index (κ1) is 19.5. The van der Waals surface area contributed by atoms with Gasteiger partial charge in [-0.05, 0) is 45.6 Å². The molecule has 9 heteroatoms. The first-order valence-corrected chi connectivity index (χ1v) is 9.95. The summed E-state index contributed by atoms with van der Waals surface area (Å²) in [5.74, 6) is 1.18. The van der Waals surface area contributed by atoms with Gasteiger partial charge in [-0.25, -0.2) is 9.78 Å². The Kier molecular flexibility index (Phi) is 5.59. The minimum Gasteiger partial charge on any atom is -0.444 e. The maximum absolute atomic E-state index is 12.3. The zero-order valence-corrected chi connectivity index (χ0v) is 16.5. The molecule has 3 rings (SSSR count). The number of aromatic amines is 1. The molecule has 1 fully saturated rings. The predicted molar refractivity (Wildman–Crippen MR) is 104 cm³/mol. The summed E-state index contributed by atoms with van der Waals surface area (Å²) < 4.78 is 5.47. The van der Waals surface area contributed by atoms with Crippen LogP contribution in [-0.2, 0) is 4.74 Å². The van der Waals surface area contributed by atoms with Crippen molar-refractivity contribution < 1.29 is 14.5 Å². The van der Waals surface area contributed by atoms with Crippen molar-refractivity contribution in [2.24, 2.45) is 5.92 Å². The number of fused-ring (bicyclic) bond motifs is 1. The Hall–Kier alpha value is -2.29. The maximum Gasteiger partial charge on any atom is 0.410 e. The fourth-order valence-corrected chi connectivity index (χ4v) is 4.06. The van der Waals surface area contributed by atoms with Crippen molar-refractivity contribution >= 4 is 34.6 Å². The van der Waals surface area contributed by atoms with E-state index in [1.165, 1.54) is 12.1 Å². The van der Waals surface area contributed by atoms with E-state index in [-0.39, 0.29) is 11.8 Å². The molecule has 1 aliphatic rings. The number of thioether (sulfide) groups is 1. The summed E-state index contributed by atoms with van der Waals surface area (Å²) in [7, 11) is 0. The third kappa shape index (κ3) is 5.12. The number of non-ortho nitro benzene ring substituents is 1. The van der Waals surface area contributed by atoms with Gasteiger partial charge in [0.15, 0.2) is 5.16 Å². The van der Waals surface area contributed by atoms with Gasteiger partial charge in [0.05, 0.1) is 16.0 Å². The van der Waals surface area contributed by atoms with E-state index in [0.29, 0.717) is 23.5 Å². The molecule has 1 aromatic carbocycles. The number of nitro benzene ring substituents is 1. The second-order valence-electron chi connectivity index (χ2n) is 7.75. The van der Waals surface area contributed by atoms with Crippen molar-refractivity contribution in [1.29, 1.82) is 0 Å². The summed E-state index contributed by atoms with van der Waals surface area (Å²) in [6.07, 6.45) is 1.75. The summed E-state index contributed by atoms with van der Waals surface area (Å²) >= 11 is 1.58. The second-order valence-corrected chi connectivity index (χ2v) is 8.75. The molecule has 8 nitrogen and oxygen atoms in total. The average Bonchev–Trinajstić information content (AvgIpc) is 3.00. The highest BCUT2D eigenvalue weighted by molar-refractivity contribution is 7.99. The Balaban J connectivity index is 1.58. The molecule has 1 aliphatic heterocycles. The summed E-state index contributed by atoms with van der Waals surface area (Å²) in [5, 5.41) is 11.6. The number of imidazole rings is 1. The quantitative estimate of drug-likeness (QED) is 0.475. The van der Waals surface area contributed by atoms with E-state index in [4.69, 9.17) is 4.74 Å². The van der Waals surface area contributed by atoms with E-state index in [1.54, 1.807) is 22.7 Å². The topological polar surface area (TPSA) is 101 Å². The zero-order valence-electron chi connectivity index (χ0n) is 15.7. The van der Waals surface area contributed by atoms with Crippen LogP contribution in [0.5, 0.6) is 0 Å². The molecule has 0 bridgehead atoms. The molecule has 1 amide bonds. The van der Waals surface area contributed by atoms with Crippen LogP contribution in [0.3, 0.4) is 0 Å². The largest absolute Gasteiger partial charge is 0.444 e. The smallest absolute Gasteiger partial charge is 0.410 e. The Morgan fingerprint density at radius 1 is 1.48 bits per heavy atom. The molecular weight excluding hydrogens is 368 g/mol. The van der Waals surface area contributed by atoms with Gasteiger partial charge in [0.1, 0.15) is 5.60 Å². The van der Waals surface area contributed by atoms with Crippen molar-refractivity contribution in [3.8, 4) is 0 Å². The molecule has 2 heterocycles. The first-order chi connectivity index (χ1) is 12.7. The lowest BCUT2D eigenvalue weighted by Crippen LogP contribution is -2.43. The number of H-pyrrole nitrogens is 1. The number of likely N-dealkylation sites (tertiary alicyclic amines) is 1. The SMILES string of the molecule is CC(C)(C)OC(=O)N1CCCC(CSc2nc3ccc([N+](=O)[O-])cc3[nH]2)C1. The molecule has 1 saturated heterocycles. The number of benzene rings is 1. The van der Waals surface area contributed by atoms with Gasteiger partial charge < -0.3 is 14.6 Å². The van der Waals surface area contributed by atoms with Crippen LogP contribution in [0.1, 0.15) is 33.6 Å². The standard InChI is InChI=1S/C18H24N4O4S/c1-18(2,3)26-17(23)21-8-4-5-12(10-21)11-27-16-19-14-7-6-13(22(24)25)9-15(14)20-16/h6-7,9,12H,4-5,8,10-11H2,1-3H3,(H,19,20). The van der Waals surface area contributed by atoms with Gasteiger partial charge in [-0.2, -0.15) is 0 Å². The highest BCUT2D eigenvalue weighted by Gasteiger charge is 2.27. The van der Waals surface area contributed by atoms with Crippen LogP contribution < -0.4 is 0 Å². The number of ether oxygens (including phenoxy) is 1. The molecule has 0 radical (unpaired) electrons. The summed E-state index contributed by atoms with van der Waals surface area (Å²) in [4.78, 5) is 32.1. The Morgan fingerprint density at radius 2 is 2.26 bits per heavy atom. The third-order valence-corrected chi connectivity index (χ3v) is 5.39. The second kappa shape index (κ2) is 7.75. The average molecular weight is 392 g/mol. The van der Waals surface area contributed by atoms with Crippen molar-refractivity contribution in [2.45, 2.75) is 44.4 Å². The molecule has 1 atom stereocenters. The third-order valence-electron chi connectivity index (χ3n) is 4.28. The van der Waals surface area contributed by atoms with Crippen LogP contribution in [0.25, 0.3) is 11.0 Å². The number of piperidine rings is 1. The van der Waals surface area contributed by atoms with E-state index < -0.39 is 10.5 Å². The molecule has 27 heavy (non-hydrogen) atoms. The minimum atomic E-state index is -0.490. The fourth-order valence-electron chi connectivity index (χ4n) is 3.05. The van der Waals surface area contributed by atoms with Gasteiger partial charge in [-0.15, -0.1) is 0 Å². The molecular formula is C18H24N4O4S. The van der Waals surface area contributed by atoms with Gasteiger partial charge in [0.2, 0.25) is 0 Å². The lowest BCUT2D eigenvalue weighted by molar-refractivity contribution is -0.384. The molecule has 0 aliphatic carbocycles. The maximum atomic E-state index is 12.3. The van der Waals surface area contributed by atoms with Crippen LogP contribution in [0, 0.1) is 16.0 Å². The fraction of sp³-hybridized carbons (Fsp3) is 0.556. The Labute approximate surface area is 161 Å².